The van der Waals surface area contributed by atoms with Gasteiger partial charge in [0.2, 0.25) is 0 Å². The summed E-state index contributed by atoms with van der Waals surface area (Å²) >= 11 is 0. The van der Waals surface area contributed by atoms with E-state index >= 15 is 0 Å². The number of aromatic nitrogens is 2. The zero-order valence-corrected chi connectivity index (χ0v) is 9.15. The molecule has 84 valence electrons. The van der Waals surface area contributed by atoms with Gasteiger partial charge in [0.25, 0.3) is 0 Å². The molecule has 1 heterocycles. The molecule has 16 heavy (non-hydrogen) atoms. The summed E-state index contributed by atoms with van der Waals surface area (Å²) in [6.45, 7) is 3.50. The van der Waals surface area contributed by atoms with Gasteiger partial charge in [0.1, 0.15) is 5.82 Å². The normalized spacial score (nSPS) is 10.4. The van der Waals surface area contributed by atoms with Gasteiger partial charge in [-0.2, -0.15) is 5.10 Å². The maximum Gasteiger partial charge on any atom is 0.125 e. The first-order valence-electron chi connectivity index (χ1n) is 5.22. The zero-order chi connectivity index (χ0) is 11.4. The first-order valence-corrected chi connectivity index (χ1v) is 5.22. The van der Waals surface area contributed by atoms with Crippen molar-refractivity contribution in [2.45, 2.75) is 13.5 Å². The lowest BCUT2D eigenvalue weighted by Gasteiger charge is -2.06. The van der Waals surface area contributed by atoms with Gasteiger partial charge >= 0.3 is 0 Å². The average Bonchev–Trinajstić information content (AvgIpc) is 2.64. The van der Waals surface area contributed by atoms with Crippen LogP contribution in [0.15, 0.2) is 36.7 Å². The molecule has 2 rings (SSSR count). The number of benzene rings is 1. The Morgan fingerprint density at radius 2 is 2.31 bits per heavy atom. The monoisotopic (exact) mass is 219 g/mol. The van der Waals surface area contributed by atoms with Crippen molar-refractivity contribution in [3.05, 3.63) is 48.0 Å². The Morgan fingerprint density at radius 3 is 3.00 bits per heavy atom. The molecule has 3 nitrogen and oxygen atoms in total. The summed E-state index contributed by atoms with van der Waals surface area (Å²) in [5.74, 6) is -0.222. The van der Waals surface area contributed by atoms with Gasteiger partial charge < -0.3 is 5.32 Å². The van der Waals surface area contributed by atoms with Crippen molar-refractivity contribution in [2.24, 2.45) is 0 Å². The third-order valence-electron chi connectivity index (χ3n) is 2.26. The molecule has 0 aliphatic carbocycles. The fourth-order valence-electron chi connectivity index (χ4n) is 1.50. The Labute approximate surface area is 93.9 Å². The number of nitrogens with zero attached hydrogens (tertiary/aromatic N) is 2. The Morgan fingerprint density at radius 1 is 1.44 bits per heavy atom. The number of nitrogens with one attached hydrogen (secondary N) is 1. The van der Waals surface area contributed by atoms with E-state index < -0.39 is 0 Å². The third kappa shape index (κ3) is 2.82. The van der Waals surface area contributed by atoms with Gasteiger partial charge in [-0.15, -0.1) is 0 Å². The fourth-order valence-corrected chi connectivity index (χ4v) is 1.50. The Kier molecular flexibility index (Phi) is 3.19. The molecule has 1 aromatic carbocycles. The highest BCUT2D eigenvalue weighted by molar-refractivity contribution is 5.42. The van der Waals surface area contributed by atoms with Crippen LogP contribution in [0, 0.1) is 12.7 Å². The number of hydrogen-bond donors (Lipinski definition) is 1. The molecule has 0 saturated heterocycles. The van der Waals surface area contributed by atoms with Crippen LogP contribution in [0.4, 0.5) is 10.1 Å². The molecule has 0 radical (unpaired) electrons. The predicted molar refractivity (Wildman–Crippen MR) is 61.9 cm³/mol. The summed E-state index contributed by atoms with van der Waals surface area (Å²) in [7, 11) is 0. The van der Waals surface area contributed by atoms with Gasteiger partial charge in [-0.3, -0.25) is 4.68 Å². The van der Waals surface area contributed by atoms with Crippen LogP contribution in [0.2, 0.25) is 0 Å². The Bertz CT molecular complexity index is 465. The molecule has 0 bridgehead atoms. The van der Waals surface area contributed by atoms with Crippen molar-refractivity contribution in [2.75, 3.05) is 11.9 Å². The summed E-state index contributed by atoms with van der Waals surface area (Å²) < 4.78 is 14.7. The van der Waals surface area contributed by atoms with Gasteiger partial charge in [-0.25, -0.2) is 4.39 Å². The maximum atomic E-state index is 12.9. The molecule has 0 saturated carbocycles. The van der Waals surface area contributed by atoms with E-state index in [2.05, 4.69) is 10.4 Å². The predicted octanol–water partition coefficient (Wildman–Crippen LogP) is 2.44. The summed E-state index contributed by atoms with van der Waals surface area (Å²) in [6, 6.07) is 6.45. The van der Waals surface area contributed by atoms with E-state index in [0.29, 0.717) is 0 Å². The smallest absolute Gasteiger partial charge is 0.125 e. The highest BCUT2D eigenvalue weighted by Gasteiger charge is 1.95. The SMILES string of the molecule is Cc1cnn(CCNc2cccc(F)c2)c1. The van der Waals surface area contributed by atoms with E-state index in [1.807, 2.05) is 30.1 Å². The largest absolute Gasteiger partial charge is 0.383 e. The van der Waals surface area contributed by atoms with Crippen molar-refractivity contribution in [3.8, 4) is 0 Å². The minimum absolute atomic E-state index is 0.222. The van der Waals surface area contributed by atoms with Crippen LogP contribution in [0.5, 0.6) is 0 Å². The van der Waals surface area contributed by atoms with Crippen molar-refractivity contribution in [3.63, 3.8) is 0 Å². The lowest BCUT2D eigenvalue weighted by Crippen LogP contribution is -2.10. The van der Waals surface area contributed by atoms with E-state index in [1.165, 1.54) is 12.1 Å². The van der Waals surface area contributed by atoms with Crippen LogP contribution in [0.1, 0.15) is 5.56 Å². The molecule has 0 fully saturated rings. The zero-order valence-electron chi connectivity index (χ0n) is 9.15. The van der Waals surface area contributed by atoms with E-state index in [9.17, 15) is 4.39 Å². The number of aryl methyl sites for hydroxylation is 1. The second-order valence-corrected chi connectivity index (χ2v) is 3.72. The average molecular weight is 219 g/mol. The van der Waals surface area contributed by atoms with Gasteiger partial charge in [-0.1, -0.05) is 6.07 Å². The van der Waals surface area contributed by atoms with Crippen LogP contribution < -0.4 is 5.32 Å². The van der Waals surface area contributed by atoms with Crippen LogP contribution in [-0.4, -0.2) is 16.3 Å². The Hall–Kier alpha value is -1.84. The molecule has 0 aliphatic heterocycles. The molecular weight excluding hydrogens is 205 g/mol. The molecule has 2 aromatic rings. The molecule has 0 unspecified atom stereocenters. The van der Waals surface area contributed by atoms with Gasteiger partial charge in [0.05, 0.1) is 12.7 Å². The minimum atomic E-state index is -0.222. The molecule has 0 aliphatic rings. The van der Waals surface area contributed by atoms with Crippen LogP contribution >= 0.6 is 0 Å². The standard InChI is InChI=1S/C12H14FN3/c1-10-8-15-16(9-10)6-5-14-12-4-2-3-11(13)7-12/h2-4,7-9,14H,5-6H2,1H3. The van der Waals surface area contributed by atoms with Crippen molar-refractivity contribution < 1.29 is 4.39 Å². The highest BCUT2D eigenvalue weighted by Crippen LogP contribution is 2.08. The summed E-state index contributed by atoms with van der Waals surface area (Å²) in [5, 5.41) is 7.31. The minimum Gasteiger partial charge on any atom is -0.383 e. The summed E-state index contributed by atoms with van der Waals surface area (Å²) in [6.07, 6.45) is 3.80. The molecule has 0 spiro atoms. The summed E-state index contributed by atoms with van der Waals surface area (Å²) in [5.41, 5.74) is 1.94. The van der Waals surface area contributed by atoms with Gasteiger partial charge in [-0.05, 0) is 30.7 Å². The van der Waals surface area contributed by atoms with Crippen LogP contribution in [0.25, 0.3) is 0 Å². The van der Waals surface area contributed by atoms with Crippen molar-refractivity contribution in [1.29, 1.82) is 0 Å². The summed E-state index contributed by atoms with van der Waals surface area (Å²) in [4.78, 5) is 0. The lowest BCUT2D eigenvalue weighted by molar-refractivity contribution is 0.625. The molecule has 0 amide bonds. The maximum absolute atomic E-state index is 12.9. The van der Waals surface area contributed by atoms with Crippen molar-refractivity contribution >= 4 is 5.69 Å². The first kappa shape index (κ1) is 10.7. The van der Waals surface area contributed by atoms with Crippen molar-refractivity contribution in [1.82, 2.24) is 9.78 Å². The van der Waals surface area contributed by atoms with E-state index in [4.69, 9.17) is 0 Å². The number of hydrogen-bond acceptors (Lipinski definition) is 2. The second-order valence-electron chi connectivity index (χ2n) is 3.72. The Balaban J connectivity index is 1.84. The quantitative estimate of drug-likeness (QED) is 0.856. The molecule has 1 aromatic heterocycles. The second kappa shape index (κ2) is 4.79. The van der Waals surface area contributed by atoms with E-state index in [0.717, 1.165) is 24.3 Å². The first-order chi connectivity index (χ1) is 7.74. The third-order valence-corrected chi connectivity index (χ3v) is 2.26. The number of halogens is 1. The number of anilines is 1. The van der Waals surface area contributed by atoms with E-state index in [1.54, 1.807) is 6.07 Å². The number of rotatable bonds is 4. The lowest BCUT2D eigenvalue weighted by atomic mass is 10.3. The van der Waals surface area contributed by atoms with Crippen LogP contribution in [-0.2, 0) is 6.54 Å². The molecular formula is C12H14FN3. The molecule has 4 heteroatoms. The molecule has 1 N–H and O–H groups in total. The highest BCUT2D eigenvalue weighted by atomic mass is 19.1. The molecule has 0 atom stereocenters. The fraction of sp³-hybridized carbons (Fsp3) is 0.250. The van der Waals surface area contributed by atoms with Crippen LogP contribution in [0.3, 0.4) is 0 Å². The topological polar surface area (TPSA) is 29.9 Å². The van der Waals surface area contributed by atoms with E-state index in [-0.39, 0.29) is 5.82 Å². The van der Waals surface area contributed by atoms with Gasteiger partial charge in [0, 0.05) is 18.4 Å². The van der Waals surface area contributed by atoms with Gasteiger partial charge in [0.15, 0.2) is 0 Å².